The van der Waals surface area contributed by atoms with E-state index >= 15 is 0 Å². The summed E-state index contributed by atoms with van der Waals surface area (Å²) in [7, 11) is 0. The van der Waals surface area contributed by atoms with Crippen molar-refractivity contribution in [3.8, 4) is 0 Å². The summed E-state index contributed by atoms with van der Waals surface area (Å²) in [5.74, 6) is -2.37. The highest BCUT2D eigenvalue weighted by atomic mass is 19.4. The molecule has 1 saturated heterocycles. The fourth-order valence-electron chi connectivity index (χ4n) is 2.50. The first-order valence-electron chi connectivity index (χ1n) is 7.57. The van der Waals surface area contributed by atoms with Crippen molar-refractivity contribution in [1.29, 1.82) is 0 Å². The van der Waals surface area contributed by atoms with Gasteiger partial charge < -0.3 is 15.2 Å². The smallest absolute Gasteiger partial charge is 0.465 e. The standard InChI is InChI=1S/C13H18F3N3O6/c14-13(15,16)25-4-6-3-8(6)10(20)18-19-11(21)9-2-1-7(5-24-9)17-12(22)23/h6-9,17H,1-5H2,(H,18,20)(H,19,21)(H,22,23)/t6-,7+,8+,9-/m0/s1. The molecule has 142 valence electrons. The Bertz CT molecular complexity index is 522. The van der Waals surface area contributed by atoms with Crippen LogP contribution in [-0.2, 0) is 19.1 Å². The summed E-state index contributed by atoms with van der Waals surface area (Å²) < 4.78 is 44.6. The van der Waals surface area contributed by atoms with Crippen LogP contribution in [0.15, 0.2) is 0 Å². The maximum absolute atomic E-state index is 11.9. The second kappa shape index (κ2) is 7.87. The number of ether oxygens (including phenoxy) is 2. The minimum absolute atomic E-state index is 0.0256. The van der Waals surface area contributed by atoms with E-state index in [-0.39, 0.29) is 19.4 Å². The molecule has 4 N–H and O–H groups in total. The van der Waals surface area contributed by atoms with Crippen molar-refractivity contribution in [2.24, 2.45) is 11.8 Å². The van der Waals surface area contributed by atoms with E-state index in [1.165, 1.54) is 0 Å². The molecule has 2 fully saturated rings. The van der Waals surface area contributed by atoms with Crippen LogP contribution in [0.3, 0.4) is 0 Å². The van der Waals surface area contributed by atoms with E-state index in [1.807, 2.05) is 0 Å². The van der Waals surface area contributed by atoms with Gasteiger partial charge in [0.2, 0.25) is 5.91 Å². The van der Waals surface area contributed by atoms with Gasteiger partial charge in [-0.25, -0.2) is 4.79 Å². The molecule has 1 aliphatic heterocycles. The topological polar surface area (TPSA) is 126 Å². The summed E-state index contributed by atoms with van der Waals surface area (Å²) in [4.78, 5) is 34.1. The summed E-state index contributed by atoms with van der Waals surface area (Å²) >= 11 is 0. The van der Waals surface area contributed by atoms with E-state index in [0.29, 0.717) is 6.42 Å². The van der Waals surface area contributed by atoms with E-state index in [4.69, 9.17) is 9.84 Å². The largest absolute Gasteiger partial charge is 0.522 e. The normalized spacial score (nSPS) is 28.8. The lowest BCUT2D eigenvalue weighted by Crippen LogP contribution is -2.51. The molecule has 2 rings (SSSR count). The molecule has 0 bridgehead atoms. The molecule has 1 aliphatic carbocycles. The summed E-state index contributed by atoms with van der Waals surface area (Å²) in [5, 5.41) is 10.8. The Labute approximate surface area is 140 Å². The van der Waals surface area contributed by atoms with E-state index in [1.54, 1.807) is 0 Å². The molecule has 1 saturated carbocycles. The van der Waals surface area contributed by atoms with Crippen molar-refractivity contribution in [1.82, 2.24) is 16.2 Å². The lowest BCUT2D eigenvalue weighted by molar-refractivity contribution is -0.326. The molecule has 12 heteroatoms. The van der Waals surface area contributed by atoms with Gasteiger partial charge in [-0.15, -0.1) is 13.2 Å². The highest BCUT2D eigenvalue weighted by Gasteiger charge is 2.45. The predicted octanol–water partition coefficient (Wildman–Crippen LogP) is 0.121. The Morgan fingerprint density at radius 3 is 2.40 bits per heavy atom. The zero-order chi connectivity index (χ0) is 18.6. The third kappa shape index (κ3) is 6.38. The molecule has 0 aromatic heterocycles. The maximum Gasteiger partial charge on any atom is 0.522 e. The van der Waals surface area contributed by atoms with E-state index in [9.17, 15) is 27.6 Å². The average Bonchev–Trinajstić information content (AvgIpc) is 3.29. The first-order valence-corrected chi connectivity index (χ1v) is 7.57. The lowest BCUT2D eigenvalue weighted by Gasteiger charge is -2.28. The predicted molar refractivity (Wildman–Crippen MR) is 73.8 cm³/mol. The Morgan fingerprint density at radius 2 is 1.84 bits per heavy atom. The highest BCUT2D eigenvalue weighted by molar-refractivity contribution is 5.86. The van der Waals surface area contributed by atoms with Gasteiger partial charge in [0.05, 0.1) is 19.3 Å². The average molecular weight is 369 g/mol. The van der Waals surface area contributed by atoms with Gasteiger partial charge in [-0.1, -0.05) is 0 Å². The van der Waals surface area contributed by atoms with Crippen LogP contribution in [0.2, 0.25) is 0 Å². The third-order valence-corrected chi connectivity index (χ3v) is 3.93. The second-order valence-corrected chi connectivity index (χ2v) is 5.88. The number of carboxylic acid groups (broad SMARTS) is 1. The first kappa shape index (κ1) is 19.2. The van der Waals surface area contributed by atoms with Crippen molar-refractivity contribution in [2.45, 2.75) is 37.8 Å². The van der Waals surface area contributed by atoms with Gasteiger partial charge in [-0.2, -0.15) is 0 Å². The number of carbonyl (C=O) groups is 3. The molecule has 0 aromatic rings. The number of halogens is 3. The molecule has 0 spiro atoms. The molecule has 0 aromatic carbocycles. The van der Waals surface area contributed by atoms with Gasteiger partial charge in [-0.3, -0.25) is 25.2 Å². The molecule has 1 heterocycles. The quantitative estimate of drug-likeness (QED) is 0.510. The third-order valence-electron chi connectivity index (χ3n) is 3.93. The van der Waals surface area contributed by atoms with Crippen LogP contribution >= 0.6 is 0 Å². The zero-order valence-electron chi connectivity index (χ0n) is 13.0. The Kier molecular flexibility index (Phi) is 6.06. The minimum atomic E-state index is -4.73. The van der Waals surface area contributed by atoms with Crippen molar-refractivity contribution in [3.05, 3.63) is 0 Å². The van der Waals surface area contributed by atoms with Gasteiger partial charge in [0, 0.05) is 5.92 Å². The number of hydrogen-bond donors (Lipinski definition) is 4. The summed E-state index contributed by atoms with van der Waals surface area (Å²) in [6.07, 6.45) is -5.84. The van der Waals surface area contributed by atoms with Crippen LogP contribution in [0.1, 0.15) is 19.3 Å². The SMILES string of the molecule is O=C(O)N[C@@H]1CC[C@@H](C(=O)NNC(=O)[C@@H]2C[C@H]2COC(F)(F)F)OC1. The second-order valence-electron chi connectivity index (χ2n) is 5.88. The van der Waals surface area contributed by atoms with Crippen LogP contribution in [0.5, 0.6) is 0 Å². The fraction of sp³-hybridized carbons (Fsp3) is 0.769. The number of alkyl halides is 3. The Balaban J connectivity index is 1.63. The van der Waals surface area contributed by atoms with Crippen LogP contribution < -0.4 is 16.2 Å². The molecule has 9 nitrogen and oxygen atoms in total. The number of rotatable bonds is 5. The van der Waals surface area contributed by atoms with Gasteiger partial charge in [0.25, 0.3) is 5.91 Å². The molecule has 0 radical (unpaired) electrons. The molecule has 2 aliphatic rings. The van der Waals surface area contributed by atoms with Gasteiger partial charge in [0.1, 0.15) is 6.10 Å². The minimum Gasteiger partial charge on any atom is -0.465 e. The Hall–Kier alpha value is -2.08. The van der Waals surface area contributed by atoms with E-state index in [0.717, 1.165) is 0 Å². The van der Waals surface area contributed by atoms with Gasteiger partial charge >= 0.3 is 12.5 Å². The van der Waals surface area contributed by atoms with Crippen molar-refractivity contribution >= 4 is 17.9 Å². The molecular weight excluding hydrogens is 351 g/mol. The summed E-state index contributed by atoms with van der Waals surface area (Å²) in [6, 6.07) is -0.406. The number of hydrogen-bond acceptors (Lipinski definition) is 5. The molecule has 4 atom stereocenters. The zero-order valence-corrected chi connectivity index (χ0v) is 13.0. The first-order chi connectivity index (χ1) is 11.7. The van der Waals surface area contributed by atoms with Crippen molar-refractivity contribution < 1.29 is 42.1 Å². The van der Waals surface area contributed by atoms with Crippen LogP contribution in [0.25, 0.3) is 0 Å². The number of hydrazine groups is 1. The highest BCUT2D eigenvalue weighted by Crippen LogP contribution is 2.39. The maximum atomic E-state index is 11.9. The van der Waals surface area contributed by atoms with Crippen LogP contribution in [0, 0.1) is 11.8 Å². The monoisotopic (exact) mass is 369 g/mol. The van der Waals surface area contributed by atoms with Crippen molar-refractivity contribution in [3.63, 3.8) is 0 Å². The molecule has 25 heavy (non-hydrogen) atoms. The fourth-order valence-corrected chi connectivity index (χ4v) is 2.50. The summed E-state index contributed by atoms with van der Waals surface area (Å²) in [6.45, 7) is -0.572. The van der Waals surface area contributed by atoms with Crippen molar-refractivity contribution in [2.75, 3.05) is 13.2 Å². The summed E-state index contributed by atoms with van der Waals surface area (Å²) in [5.41, 5.74) is 4.31. The van der Waals surface area contributed by atoms with Crippen LogP contribution in [-0.4, -0.2) is 54.7 Å². The molecular formula is C13H18F3N3O6. The molecule has 0 unspecified atom stereocenters. The van der Waals surface area contributed by atoms with E-state index in [2.05, 4.69) is 20.9 Å². The Morgan fingerprint density at radius 1 is 1.16 bits per heavy atom. The van der Waals surface area contributed by atoms with E-state index < -0.39 is 54.9 Å². The van der Waals surface area contributed by atoms with Crippen LogP contribution in [0.4, 0.5) is 18.0 Å². The number of amides is 3. The van der Waals surface area contributed by atoms with Gasteiger partial charge in [-0.05, 0) is 25.2 Å². The molecule has 3 amide bonds. The number of carbonyl (C=O) groups excluding carboxylic acids is 2. The number of nitrogens with one attached hydrogen (secondary N) is 3. The van der Waals surface area contributed by atoms with Gasteiger partial charge in [0.15, 0.2) is 0 Å². The lowest BCUT2D eigenvalue weighted by atomic mass is 10.0.